The van der Waals surface area contributed by atoms with Crippen LogP contribution in [-0.4, -0.2) is 28.5 Å². The lowest BCUT2D eigenvalue weighted by molar-refractivity contribution is 0.161. The molecule has 0 radical (unpaired) electrons. The predicted molar refractivity (Wildman–Crippen MR) is 85.0 cm³/mol. The Labute approximate surface area is 130 Å². The van der Waals surface area contributed by atoms with Crippen LogP contribution in [0.4, 0.5) is 0 Å². The van der Waals surface area contributed by atoms with Crippen LogP contribution >= 0.6 is 0 Å². The average Bonchev–Trinajstić information content (AvgIpc) is 2.55. The lowest BCUT2D eigenvalue weighted by Crippen LogP contribution is -2.28. The summed E-state index contributed by atoms with van der Waals surface area (Å²) >= 11 is 0. The molecule has 0 spiro atoms. The van der Waals surface area contributed by atoms with Gasteiger partial charge in [0.05, 0.1) is 6.61 Å². The smallest absolute Gasteiger partial charge is 0.120 e. The molecular formula is C18H22O4. The second kappa shape index (κ2) is 7.29. The number of aliphatic hydroxyl groups is 2. The first-order valence-electron chi connectivity index (χ1n) is 7.31. The second-order valence-corrected chi connectivity index (χ2v) is 5.65. The minimum atomic E-state index is -0.703. The van der Waals surface area contributed by atoms with Crippen molar-refractivity contribution in [2.24, 2.45) is 0 Å². The molecule has 0 aromatic heterocycles. The van der Waals surface area contributed by atoms with Crippen LogP contribution in [0.3, 0.4) is 0 Å². The fraction of sp³-hybridized carbons (Fsp3) is 0.333. The van der Waals surface area contributed by atoms with Crippen LogP contribution in [0.15, 0.2) is 48.5 Å². The third-order valence-corrected chi connectivity index (χ3v) is 3.88. The molecule has 0 bridgehead atoms. The van der Waals surface area contributed by atoms with Gasteiger partial charge in [0, 0.05) is 17.6 Å². The van der Waals surface area contributed by atoms with Crippen molar-refractivity contribution in [3.63, 3.8) is 0 Å². The fourth-order valence-electron chi connectivity index (χ4n) is 2.37. The van der Waals surface area contributed by atoms with E-state index in [1.165, 1.54) is 0 Å². The van der Waals surface area contributed by atoms with Crippen LogP contribution in [0.2, 0.25) is 0 Å². The average molecular weight is 302 g/mol. The zero-order valence-corrected chi connectivity index (χ0v) is 12.7. The van der Waals surface area contributed by atoms with Gasteiger partial charge in [-0.1, -0.05) is 37.3 Å². The van der Waals surface area contributed by atoms with Gasteiger partial charge in [-0.3, -0.25) is 0 Å². The molecule has 118 valence electrons. The molecule has 2 aromatic carbocycles. The summed E-state index contributed by atoms with van der Waals surface area (Å²) in [6.07, 6.45) is 0.360. The van der Waals surface area contributed by atoms with Crippen molar-refractivity contribution in [2.75, 3.05) is 13.2 Å². The van der Waals surface area contributed by atoms with Crippen molar-refractivity contribution in [1.29, 1.82) is 0 Å². The molecule has 0 aliphatic heterocycles. The largest absolute Gasteiger partial charge is 0.508 e. The van der Waals surface area contributed by atoms with Gasteiger partial charge in [-0.2, -0.15) is 0 Å². The van der Waals surface area contributed by atoms with E-state index in [1.807, 2.05) is 30.3 Å². The van der Waals surface area contributed by atoms with Crippen LogP contribution in [0.1, 0.15) is 24.5 Å². The molecular weight excluding hydrogens is 280 g/mol. The number of phenols is 1. The lowest BCUT2D eigenvalue weighted by atomic mass is 9.80. The van der Waals surface area contributed by atoms with E-state index in [-0.39, 0.29) is 19.0 Å². The normalized spacial score (nSPS) is 13.6. The molecule has 2 aromatic rings. The Morgan fingerprint density at radius 3 is 2.41 bits per heavy atom. The van der Waals surface area contributed by atoms with Crippen LogP contribution in [0.25, 0.3) is 0 Å². The lowest BCUT2D eigenvalue weighted by Gasteiger charge is -2.28. The third kappa shape index (κ3) is 3.78. The second-order valence-electron chi connectivity index (χ2n) is 5.65. The van der Waals surface area contributed by atoms with Crippen molar-refractivity contribution in [3.05, 3.63) is 59.7 Å². The van der Waals surface area contributed by atoms with E-state index in [0.717, 1.165) is 5.56 Å². The Balaban J connectivity index is 2.19. The SMILES string of the molecule is CC(CO)(CCO)c1cc(OCc2ccccc2)ccc1O. The molecule has 0 amide bonds. The summed E-state index contributed by atoms with van der Waals surface area (Å²) in [6.45, 7) is 2.01. The third-order valence-electron chi connectivity index (χ3n) is 3.88. The highest BCUT2D eigenvalue weighted by atomic mass is 16.5. The number of aromatic hydroxyl groups is 1. The summed E-state index contributed by atoms with van der Waals surface area (Å²) in [5.74, 6) is 0.714. The molecule has 2 rings (SSSR count). The highest BCUT2D eigenvalue weighted by molar-refractivity contribution is 5.44. The van der Waals surface area contributed by atoms with Gasteiger partial charge in [0.15, 0.2) is 0 Å². The summed E-state index contributed by atoms with van der Waals surface area (Å²) < 4.78 is 5.75. The van der Waals surface area contributed by atoms with Gasteiger partial charge in [0.2, 0.25) is 0 Å². The monoisotopic (exact) mass is 302 g/mol. The summed E-state index contributed by atoms with van der Waals surface area (Å²) in [4.78, 5) is 0. The Kier molecular flexibility index (Phi) is 5.41. The predicted octanol–water partition coefficient (Wildman–Crippen LogP) is 2.60. The van der Waals surface area contributed by atoms with Gasteiger partial charge in [-0.25, -0.2) is 0 Å². The minimum Gasteiger partial charge on any atom is -0.508 e. The number of hydrogen-bond donors (Lipinski definition) is 3. The first-order chi connectivity index (χ1) is 10.6. The highest BCUT2D eigenvalue weighted by Gasteiger charge is 2.28. The van der Waals surface area contributed by atoms with E-state index >= 15 is 0 Å². The number of benzene rings is 2. The molecule has 0 aliphatic carbocycles. The van der Waals surface area contributed by atoms with E-state index in [9.17, 15) is 15.3 Å². The molecule has 0 aliphatic rings. The topological polar surface area (TPSA) is 69.9 Å². The molecule has 22 heavy (non-hydrogen) atoms. The van der Waals surface area contributed by atoms with E-state index in [4.69, 9.17) is 4.74 Å². The number of ether oxygens (including phenoxy) is 1. The van der Waals surface area contributed by atoms with E-state index < -0.39 is 5.41 Å². The summed E-state index contributed by atoms with van der Waals surface area (Å²) in [6, 6.07) is 14.8. The van der Waals surface area contributed by atoms with Crippen LogP contribution in [0, 0.1) is 0 Å². The van der Waals surface area contributed by atoms with Gasteiger partial charge in [-0.05, 0) is 30.2 Å². The highest BCUT2D eigenvalue weighted by Crippen LogP contribution is 2.36. The van der Waals surface area contributed by atoms with Crippen molar-refractivity contribution in [3.8, 4) is 11.5 Å². The van der Waals surface area contributed by atoms with Gasteiger partial charge < -0.3 is 20.1 Å². The Morgan fingerprint density at radius 2 is 1.77 bits per heavy atom. The zero-order valence-electron chi connectivity index (χ0n) is 12.7. The Morgan fingerprint density at radius 1 is 1.05 bits per heavy atom. The number of rotatable bonds is 7. The minimum absolute atomic E-state index is 0.0639. The fourth-order valence-corrected chi connectivity index (χ4v) is 2.37. The first kappa shape index (κ1) is 16.3. The molecule has 3 N–H and O–H groups in total. The molecule has 0 saturated heterocycles. The standard InChI is InChI=1S/C18H22O4/c1-18(13-20,9-10-19)16-11-15(7-8-17(16)21)22-12-14-5-3-2-4-6-14/h2-8,11,19-21H,9-10,12-13H2,1H3. The quantitative estimate of drug-likeness (QED) is 0.735. The van der Waals surface area contributed by atoms with Crippen LogP contribution in [-0.2, 0) is 12.0 Å². The van der Waals surface area contributed by atoms with Crippen molar-refractivity contribution >= 4 is 0 Å². The maximum atomic E-state index is 10.1. The number of phenolic OH excluding ortho intramolecular Hbond substituents is 1. The molecule has 1 unspecified atom stereocenters. The molecule has 4 heteroatoms. The van der Waals surface area contributed by atoms with E-state index in [2.05, 4.69) is 0 Å². The molecule has 0 fully saturated rings. The number of hydrogen-bond acceptors (Lipinski definition) is 4. The molecule has 0 heterocycles. The van der Waals surface area contributed by atoms with E-state index in [1.54, 1.807) is 25.1 Å². The summed E-state index contributed by atoms with van der Waals surface area (Å²) in [5, 5.41) is 28.9. The van der Waals surface area contributed by atoms with E-state index in [0.29, 0.717) is 24.3 Å². The summed E-state index contributed by atoms with van der Waals surface area (Å²) in [5.41, 5.74) is 0.928. The van der Waals surface area contributed by atoms with Crippen LogP contribution in [0.5, 0.6) is 11.5 Å². The maximum Gasteiger partial charge on any atom is 0.120 e. The first-order valence-corrected chi connectivity index (χ1v) is 7.31. The van der Waals surface area contributed by atoms with Crippen molar-refractivity contribution < 1.29 is 20.1 Å². The molecule has 4 nitrogen and oxygen atoms in total. The van der Waals surface area contributed by atoms with Crippen molar-refractivity contribution in [1.82, 2.24) is 0 Å². The summed E-state index contributed by atoms with van der Waals surface area (Å²) in [7, 11) is 0. The van der Waals surface area contributed by atoms with Crippen LogP contribution < -0.4 is 4.74 Å². The maximum absolute atomic E-state index is 10.1. The number of aliphatic hydroxyl groups excluding tert-OH is 2. The van der Waals surface area contributed by atoms with Gasteiger partial charge in [-0.15, -0.1) is 0 Å². The Hall–Kier alpha value is -2.04. The molecule has 1 atom stereocenters. The molecule has 0 saturated carbocycles. The Bertz CT molecular complexity index is 597. The van der Waals surface area contributed by atoms with Gasteiger partial charge in [0.25, 0.3) is 0 Å². The zero-order chi connectivity index (χ0) is 16.0. The van der Waals surface area contributed by atoms with Gasteiger partial charge in [0.1, 0.15) is 18.1 Å². The van der Waals surface area contributed by atoms with Crippen molar-refractivity contribution in [2.45, 2.75) is 25.4 Å². The van der Waals surface area contributed by atoms with Gasteiger partial charge >= 0.3 is 0 Å².